The number of carbonyl (C=O) groups is 1. The van der Waals surface area contributed by atoms with Crippen molar-refractivity contribution in [1.29, 1.82) is 5.26 Å². The first kappa shape index (κ1) is 23.6. The Bertz CT molecular complexity index is 1220. The number of nitrogens with one attached hydrogen (secondary N) is 1. The summed E-state index contributed by atoms with van der Waals surface area (Å²) in [5.41, 5.74) is 5.89. The number of alkyl halides is 1. The standard InChI is InChI=1S/C25H29FN8O3/c26-18-10-34(2-1-15(18)11-36-20-9-29-13-30-22(20)28)21-4-19(23(35)33-25-5-14(6-25)7-25)31-24(32-21)37-12-17-3-16(17)8-27/h4,9,13-18H,1-3,5-7,10-12H2,(H,33,35)(H2,28,29,30)/t14?,15?,16-,17+,18?,25?/m0/s1. The fraction of sp³-hybridized carbons (Fsp3) is 0.600. The van der Waals surface area contributed by atoms with Gasteiger partial charge in [0.05, 0.1) is 37.9 Å². The molecule has 3 heterocycles. The van der Waals surface area contributed by atoms with E-state index in [1.54, 1.807) is 6.07 Å². The van der Waals surface area contributed by atoms with Crippen molar-refractivity contribution >= 4 is 17.5 Å². The van der Waals surface area contributed by atoms with E-state index in [0.29, 0.717) is 31.1 Å². The number of nitrogens with zero attached hydrogens (tertiary/aromatic N) is 6. The topological polar surface area (TPSA) is 152 Å². The fourth-order valence-corrected chi connectivity index (χ4v) is 5.45. The number of amides is 1. The number of hydrogen-bond acceptors (Lipinski definition) is 10. The van der Waals surface area contributed by atoms with E-state index in [2.05, 4.69) is 31.3 Å². The van der Waals surface area contributed by atoms with E-state index >= 15 is 4.39 Å². The van der Waals surface area contributed by atoms with E-state index < -0.39 is 6.17 Å². The van der Waals surface area contributed by atoms with Gasteiger partial charge in [0.1, 0.15) is 24.0 Å². The van der Waals surface area contributed by atoms with Gasteiger partial charge in [-0.3, -0.25) is 4.79 Å². The fourth-order valence-electron chi connectivity index (χ4n) is 5.45. The van der Waals surface area contributed by atoms with Crippen molar-refractivity contribution in [2.75, 3.05) is 36.9 Å². The van der Waals surface area contributed by atoms with Crippen LogP contribution in [0, 0.1) is 35.0 Å². The molecule has 4 aliphatic carbocycles. The average molecular weight is 509 g/mol. The molecule has 2 aromatic heterocycles. The number of ether oxygens (including phenoxy) is 2. The molecule has 5 aliphatic rings. The van der Waals surface area contributed by atoms with Gasteiger partial charge >= 0.3 is 6.01 Å². The molecule has 37 heavy (non-hydrogen) atoms. The second-order valence-electron chi connectivity index (χ2n) is 10.7. The number of aromatic nitrogens is 4. The van der Waals surface area contributed by atoms with Gasteiger partial charge in [0, 0.05) is 30.0 Å². The number of rotatable bonds is 9. The van der Waals surface area contributed by atoms with Gasteiger partial charge < -0.3 is 25.4 Å². The van der Waals surface area contributed by atoms with Crippen molar-refractivity contribution in [3.8, 4) is 17.8 Å². The summed E-state index contributed by atoms with van der Waals surface area (Å²) in [5.74, 6) is 1.25. The van der Waals surface area contributed by atoms with Crippen molar-refractivity contribution in [2.45, 2.75) is 43.8 Å². The van der Waals surface area contributed by atoms with Gasteiger partial charge in [0.25, 0.3) is 5.91 Å². The third-order valence-corrected chi connectivity index (χ3v) is 8.02. The van der Waals surface area contributed by atoms with Gasteiger partial charge in [-0.1, -0.05) is 0 Å². The summed E-state index contributed by atoms with van der Waals surface area (Å²) >= 11 is 0. The first-order valence-corrected chi connectivity index (χ1v) is 12.7. The Morgan fingerprint density at radius 3 is 2.76 bits per heavy atom. The molecule has 0 radical (unpaired) electrons. The lowest BCUT2D eigenvalue weighted by Crippen LogP contribution is -2.68. The highest BCUT2D eigenvalue weighted by molar-refractivity contribution is 5.94. The maximum Gasteiger partial charge on any atom is 0.319 e. The molecular formula is C25H29FN8O3. The number of anilines is 2. The third kappa shape index (κ3) is 4.82. The largest absolute Gasteiger partial charge is 0.488 e. The van der Waals surface area contributed by atoms with E-state index in [9.17, 15) is 4.79 Å². The molecular weight excluding hydrogens is 479 g/mol. The highest BCUT2D eigenvalue weighted by Crippen LogP contribution is 2.57. The van der Waals surface area contributed by atoms with Gasteiger partial charge in [-0.15, -0.1) is 0 Å². The van der Waals surface area contributed by atoms with Crippen LogP contribution in [0.4, 0.5) is 16.0 Å². The smallest absolute Gasteiger partial charge is 0.319 e. The van der Waals surface area contributed by atoms with Gasteiger partial charge in [-0.05, 0) is 38.0 Å². The molecule has 5 fully saturated rings. The van der Waals surface area contributed by atoms with Crippen LogP contribution in [0.2, 0.25) is 0 Å². The Balaban J connectivity index is 1.13. The highest BCUT2D eigenvalue weighted by Gasteiger charge is 2.57. The zero-order valence-corrected chi connectivity index (χ0v) is 20.3. The molecule has 11 nitrogen and oxygen atoms in total. The third-order valence-electron chi connectivity index (χ3n) is 8.02. The Hall–Kier alpha value is -3.75. The molecule has 0 aromatic carbocycles. The maximum absolute atomic E-state index is 15.2. The van der Waals surface area contributed by atoms with Crippen molar-refractivity contribution in [1.82, 2.24) is 25.3 Å². The van der Waals surface area contributed by atoms with Crippen LogP contribution in [0.1, 0.15) is 42.6 Å². The van der Waals surface area contributed by atoms with E-state index in [0.717, 1.165) is 31.6 Å². The molecule has 194 valence electrons. The average Bonchev–Trinajstić information content (AvgIpc) is 3.63. The van der Waals surface area contributed by atoms with Crippen LogP contribution in [-0.4, -0.2) is 63.9 Å². The van der Waals surface area contributed by atoms with Crippen LogP contribution in [0.5, 0.6) is 11.8 Å². The molecule has 1 aliphatic heterocycles. The minimum atomic E-state index is -1.18. The monoisotopic (exact) mass is 508 g/mol. The van der Waals surface area contributed by atoms with Crippen LogP contribution in [0.3, 0.4) is 0 Å². The minimum absolute atomic E-state index is 0.0124. The summed E-state index contributed by atoms with van der Waals surface area (Å²) in [7, 11) is 0. The predicted molar refractivity (Wildman–Crippen MR) is 129 cm³/mol. The van der Waals surface area contributed by atoms with E-state index in [-0.39, 0.29) is 59.9 Å². The quantitative estimate of drug-likeness (QED) is 0.514. The van der Waals surface area contributed by atoms with Crippen LogP contribution in [0.25, 0.3) is 0 Å². The number of nitrogens with two attached hydrogens (primary N) is 1. The molecule has 1 amide bonds. The van der Waals surface area contributed by atoms with Crippen LogP contribution in [0.15, 0.2) is 18.6 Å². The van der Waals surface area contributed by atoms with E-state index in [4.69, 9.17) is 20.5 Å². The van der Waals surface area contributed by atoms with Gasteiger partial charge in [0.15, 0.2) is 11.6 Å². The van der Waals surface area contributed by atoms with Gasteiger partial charge in [0.2, 0.25) is 0 Å². The van der Waals surface area contributed by atoms with Crippen molar-refractivity contribution in [2.24, 2.45) is 23.7 Å². The summed E-state index contributed by atoms with van der Waals surface area (Å²) in [4.78, 5) is 31.5. The van der Waals surface area contributed by atoms with Crippen molar-refractivity contribution in [3.63, 3.8) is 0 Å². The normalized spacial score (nSPS) is 31.4. The SMILES string of the molecule is N#C[C@@H]1C[C@@H]1COc1nc(C(=O)NC23CC(C2)C3)cc(N2CCC(COc3cncnc3N)C(F)C2)n1. The molecule has 7 rings (SSSR count). The van der Waals surface area contributed by atoms with Crippen LogP contribution >= 0.6 is 0 Å². The first-order chi connectivity index (χ1) is 17.9. The molecule has 12 heteroatoms. The molecule has 1 saturated heterocycles. The molecule has 2 unspecified atom stereocenters. The number of nitriles is 1. The van der Waals surface area contributed by atoms with Crippen LogP contribution in [-0.2, 0) is 0 Å². The molecule has 4 saturated carbocycles. The Morgan fingerprint density at radius 1 is 1.27 bits per heavy atom. The summed E-state index contributed by atoms with van der Waals surface area (Å²) in [5, 5.41) is 12.2. The van der Waals surface area contributed by atoms with Crippen molar-refractivity contribution < 1.29 is 18.7 Å². The lowest BCUT2D eigenvalue weighted by Gasteiger charge is -2.61. The van der Waals surface area contributed by atoms with E-state index in [1.165, 1.54) is 12.5 Å². The number of nitrogen functional groups attached to an aromatic ring is 1. The molecule has 4 atom stereocenters. The summed E-state index contributed by atoms with van der Waals surface area (Å²) in [6.45, 7) is 1.09. The minimum Gasteiger partial charge on any atom is -0.488 e. The van der Waals surface area contributed by atoms with Gasteiger partial charge in [-0.25, -0.2) is 14.4 Å². The van der Waals surface area contributed by atoms with Crippen molar-refractivity contribution in [3.05, 3.63) is 24.3 Å². The van der Waals surface area contributed by atoms with Gasteiger partial charge in [-0.2, -0.15) is 15.2 Å². The lowest BCUT2D eigenvalue weighted by molar-refractivity contribution is -0.0439. The summed E-state index contributed by atoms with van der Waals surface area (Å²) in [6.07, 6.45) is 5.95. The number of carbonyl (C=O) groups excluding carboxylic acids is 1. The second kappa shape index (κ2) is 9.28. The number of piperidine rings is 1. The number of hydrogen-bond donors (Lipinski definition) is 2. The van der Waals surface area contributed by atoms with E-state index in [1.807, 2.05) is 4.90 Å². The second-order valence-corrected chi connectivity index (χ2v) is 10.7. The summed E-state index contributed by atoms with van der Waals surface area (Å²) < 4.78 is 26.7. The molecule has 2 aromatic rings. The van der Waals surface area contributed by atoms with Crippen LogP contribution < -0.4 is 25.4 Å². The maximum atomic E-state index is 15.2. The zero-order chi connectivity index (χ0) is 25.6. The zero-order valence-electron chi connectivity index (χ0n) is 20.3. The number of halogens is 1. The Morgan fingerprint density at radius 2 is 2.08 bits per heavy atom. The Kier molecular flexibility index (Phi) is 5.93. The summed E-state index contributed by atoms with van der Waals surface area (Å²) in [6, 6.07) is 3.91. The Labute approximate surface area is 213 Å². The molecule has 0 spiro atoms. The molecule has 2 bridgehead atoms. The predicted octanol–water partition coefficient (Wildman–Crippen LogP) is 1.91. The lowest BCUT2D eigenvalue weighted by atomic mass is 9.50. The molecule has 3 N–H and O–H groups in total. The highest BCUT2D eigenvalue weighted by atomic mass is 19.1. The first-order valence-electron chi connectivity index (χ1n) is 12.7.